The Balaban J connectivity index is 1.39. The quantitative estimate of drug-likeness (QED) is 0.213. The van der Waals surface area contributed by atoms with E-state index in [-0.39, 0.29) is 24.8 Å². The summed E-state index contributed by atoms with van der Waals surface area (Å²) in [6.45, 7) is 0.562. The van der Waals surface area contributed by atoms with Crippen LogP contribution in [-0.2, 0) is 11.4 Å². The third-order valence-corrected chi connectivity index (χ3v) is 6.08. The number of amides is 2. The topological polar surface area (TPSA) is 105 Å². The van der Waals surface area contributed by atoms with E-state index in [1.807, 2.05) is 36.4 Å². The average Bonchev–Trinajstić information content (AvgIpc) is 2.98. The molecule has 0 aliphatic rings. The van der Waals surface area contributed by atoms with Crippen LogP contribution in [0.5, 0.6) is 11.5 Å². The Morgan fingerprint density at radius 3 is 2.15 bits per heavy atom. The molecule has 4 rings (SSSR count). The molecule has 0 fully saturated rings. The first-order valence-electron chi connectivity index (χ1n) is 12.8. The number of carbonyl (C=O) groups is 3. The lowest BCUT2D eigenvalue weighted by Crippen LogP contribution is -2.26. The van der Waals surface area contributed by atoms with Crippen LogP contribution in [-0.4, -0.2) is 36.5 Å². The maximum Gasteiger partial charge on any atom is 0.303 e. The summed E-state index contributed by atoms with van der Waals surface area (Å²) in [5.74, 6) is -0.515. The van der Waals surface area contributed by atoms with E-state index in [9.17, 15) is 14.4 Å². The second kappa shape index (κ2) is 13.6. The summed E-state index contributed by atoms with van der Waals surface area (Å²) in [6.07, 6.45) is 0.365. The van der Waals surface area contributed by atoms with Crippen LogP contribution in [0.2, 0.25) is 0 Å². The van der Waals surface area contributed by atoms with Gasteiger partial charge in [0.15, 0.2) is 0 Å². The second-order valence-electron chi connectivity index (χ2n) is 8.98. The molecular weight excluding hydrogens is 508 g/mol. The molecule has 0 saturated carbocycles. The van der Waals surface area contributed by atoms with Gasteiger partial charge in [-0.15, -0.1) is 0 Å². The van der Waals surface area contributed by atoms with Crippen LogP contribution in [0.4, 0.5) is 11.4 Å². The summed E-state index contributed by atoms with van der Waals surface area (Å²) in [5, 5.41) is 11.7. The number of benzene rings is 4. The number of ether oxygens (including phenoxy) is 2. The van der Waals surface area contributed by atoms with Crippen LogP contribution in [0.25, 0.3) is 0 Å². The van der Waals surface area contributed by atoms with Crippen molar-refractivity contribution in [2.24, 2.45) is 0 Å². The van der Waals surface area contributed by atoms with Gasteiger partial charge in [0.25, 0.3) is 11.8 Å². The first-order valence-corrected chi connectivity index (χ1v) is 12.8. The van der Waals surface area contributed by atoms with E-state index in [1.54, 1.807) is 73.8 Å². The van der Waals surface area contributed by atoms with E-state index in [1.165, 1.54) is 4.90 Å². The van der Waals surface area contributed by atoms with E-state index < -0.39 is 5.97 Å². The number of hydrogen-bond donors (Lipinski definition) is 2. The van der Waals surface area contributed by atoms with Gasteiger partial charge in [0.05, 0.1) is 17.9 Å². The van der Waals surface area contributed by atoms with Crippen LogP contribution >= 0.6 is 0 Å². The number of carboxylic acid groups (broad SMARTS) is 1. The standard InChI is InChI=1S/C32H30N2O6/c1-34(27-13-6-8-15-29(27)39-21-9-16-30(35)36)32(38)24-17-19-25(20-18-24)33-31(37)26-12-5-7-14-28(26)40-22-23-10-3-2-4-11-23/h2-8,10-15,17-20H,9,16,21-22H2,1H3,(H,33,37)(H,35,36). The number of carbonyl (C=O) groups excluding carboxylic acids is 2. The highest BCUT2D eigenvalue weighted by Crippen LogP contribution is 2.29. The molecule has 8 nitrogen and oxygen atoms in total. The second-order valence-corrected chi connectivity index (χ2v) is 8.98. The summed E-state index contributed by atoms with van der Waals surface area (Å²) in [4.78, 5) is 38.4. The van der Waals surface area contributed by atoms with Gasteiger partial charge in [0, 0.05) is 24.7 Å². The van der Waals surface area contributed by atoms with Gasteiger partial charge in [-0.2, -0.15) is 0 Å². The predicted molar refractivity (Wildman–Crippen MR) is 153 cm³/mol. The minimum atomic E-state index is -0.885. The number of nitrogens with zero attached hydrogens (tertiary/aromatic N) is 1. The van der Waals surface area contributed by atoms with Gasteiger partial charge in [0.1, 0.15) is 18.1 Å². The van der Waals surface area contributed by atoms with Crippen molar-refractivity contribution in [2.75, 3.05) is 23.9 Å². The monoisotopic (exact) mass is 538 g/mol. The van der Waals surface area contributed by atoms with Crippen molar-refractivity contribution in [1.82, 2.24) is 0 Å². The molecule has 0 bridgehead atoms. The number of rotatable bonds is 12. The Hall–Kier alpha value is -5.11. The molecule has 0 spiro atoms. The molecule has 4 aromatic rings. The highest BCUT2D eigenvalue weighted by molar-refractivity contribution is 6.08. The van der Waals surface area contributed by atoms with E-state index in [0.717, 1.165) is 5.56 Å². The van der Waals surface area contributed by atoms with E-state index in [0.29, 0.717) is 47.0 Å². The number of hydrogen-bond acceptors (Lipinski definition) is 5. The van der Waals surface area contributed by atoms with Gasteiger partial charge < -0.3 is 24.8 Å². The number of anilines is 2. The van der Waals surface area contributed by atoms with E-state index >= 15 is 0 Å². The van der Waals surface area contributed by atoms with Crippen molar-refractivity contribution >= 4 is 29.2 Å². The maximum absolute atomic E-state index is 13.2. The molecule has 0 radical (unpaired) electrons. The Kier molecular flexibility index (Phi) is 9.50. The largest absolute Gasteiger partial charge is 0.491 e. The smallest absolute Gasteiger partial charge is 0.303 e. The third kappa shape index (κ3) is 7.48. The molecule has 2 N–H and O–H groups in total. The maximum atomic E-state index is 13.2. The number of para-hydroxylation sites is 3. The highest BCUT2D eigenvalue weighted by Gasteiger charge is 2.18. The van der Waals surface area contributed by atoms with Gasteiger partial charge in [0.2, 0.25) is 0 Å². The Morgan fingerprint density at radius 2 is 1.43 bits per heavy atom. The third-order valence-electron chi connectivity index (χ3n) is 6.08. The predicted octanol–water partition coefficient (Wildman–Crippen LogP) is 6.04. The summed E-state index contributed by atoms with van der Waals surface area (Å²) < 4.78 is 11.6. The zero-order chi connectivity index (χ0) is 28.3. The van der Waals surface area contributed by atoms with Crippen LogP contribution in [0.3, 0.4) is 0 Å². The Morgan fingerprint density at radius 1 is 0.775 bits per heavy atom. The van der Waals surface area contributed by atoms with Gasteiger partial charge >= 0.3 is 5.97 Å². The molecule has 4 aromatic carbocycles. The molecule has 0 aliphatic carbocycles. The molecule has 0 saturated heterocycles. The van der Waals surface area contributed by atoms with Gasteiger partial charge in [-0.05, 0) is 60.5 Å². The lowest BCUT2D eigenvalue weighted by atomic mass is 10.1. The molecule has 8 heteroatoms. The first kappa shape index (κ1) is 27.9. The molecule has 40 heavy (non-hydrogen) atoms. The summed E-state index contributed by atoms with van der Waals surface area (Å²) >= 11 is 0. The molecule has 0 unspecified atom stereocenters. The van der Waals surface area contributed by atoms with Crippen LogP contribution in [0.1, 0.15) is 39.1 Å². The highest BCUT2D eigenvalue weighted by atomic mass is 16.5. The minimum absolute atomic E-state index is 0.00607. The zero-order valence-corrected chi connectivity index (χ0v) is 22.1. The fraction of sp³-hybridized carbons (Fsp3) is 0.156. The summed E-state index contributed by atoms with van der Waals surface area (Å²) in [6, 6.07) is 30.4. The van der Waals surface area contributed by atoms with Gasteiger partial charge in [-0.25, -0.2) is 0 Å². The fourth-order valence-corrected chi connectivity index (χ4v) is 3.97. The SMILES string of the molecule is CN(C(=O)c1ccc(NC(=O)c2ccccc2OCc2ccccc2)cc1)c1ccccc1OCCCC(=O)O. The molecule has 0 aliphatic heterocycles. The van der Waals surface area contributed by atoms with Gasteiger partial charge in [-0.3, -0.25) is 14.4 Å². The number of nitrogens with one attached hydrogen (secondary N) is 1. The normalized spacial score (nSPS) is 10.4. The Labute approximate surface area is 232 Å². The van der Waals surface area contributed by atoms with Gasteiger partial charge in [-0.1, -0.05) is 54.6 Å². The van der Waals surface area contributed by atoms with Crippen molar-refractivity contribution in [2.45, 2.75) is 19.4 Å². The fourth-order valence-electron chi connectivity index (χ4n) is 3.97. The van der Waals surface area contributed by atoms with Crippen molar-refractivity contribution in [3.05, 3.63) is 120 Å². The van der Waals surface area contributed by atoms with E-state index in [2.05, 4.69) is 5.32 Å². The lowest BCUT2D eigenvalue weighted by Gasteiger charge is -2.21. The van der Waals surface area contributed by atoms with Crippen LogP contribution in [0, 0.1) is 0 Å². The molecule has 0 aromatic heterocycles. The number of carboxylic acids is 1. The molecule has 2 amide bonds. The molecule has 204 valence electrons. The minimum Gasteiger partial charge on any atom is -0.491 e. The lowest BCUT2D eigenvalue weighted by molar-refractivity contribution is -0.137. The molecule has 0 heterocycles. The van der Waals surface area contributed by atoms with Crippen LogP contribution < -0.4 is 19.7 Å². The Bertz CT molecular complexity index is 1450. The van der Waals surface area contributed by atoms with Crippen molar-refractivity contribution in [3.63, 3.8) is 0 Å². The van der Waals surface area contributed by atoms with Crippen LogP contribution in [0.15, 0.2) is 103 Å². The van der Waals surface area contributed by atoms with Crippen molar-refractivity contribution in [3.8, 4) is 11.5 Å². The number of aliphatic carboxylic acids is 1. The zero-order valence-electron chi connectivity index (χ0n) is 22.1. The van der Waals surface area contributed by atoms with Crippen molar-refractivity contribution < 1.29 is 29.0 Å². The molecule has 0 atom stereocenters. The molecular formula is C32H30N2O6. The summed E-state index contributed by atoms with van der Waals surface area (Å²) in [7, 11) is 1.64. The first-order chi connectivity index (χ1) is 19.4. The van der Waals surface area contributed by atoms with E-state index in [4.69, 9.17) is 14.6 Å². The average molecular weight is 539 g/mol. The summed E-state index contributed by atoms with van der Waals surface area (Å²) in [5.41, 5.74) is 2.91. The van der Waals surface area contributed by atoms with Crippen molar-refractivity contribution in [1.29, 1.82) is 0 Å².